The monoisotopic (exact) mass is 373 g/mol. The molecule has 0 aromatic heterocycles. The van der Waals surface area contributed by atoms with Gasteiger partial charge in [0.15, 0.2) is 0 Å². The summed E-state index contributed by atoms with van der Waals surface area (Å²) in [6, 6.07) is 13.6. The summed E-state index contributed by atoms with van der Waals surface area (Å²) in [4.78, 5) is 23.9. The van der Waals surface area contributed by atoms with Crippen molar-refractivity contribution in [2.24, 2.45) is 0 Å². The van der Waals surface area contributed by atoms with Gasteiger partial charge in [0.2, 0.25) is 0 Å². The van der Waals surface area contributed by atoms with Crippen molar-refractivity contribution < 1.29 is 19.4 Å². The van der Waals surface area contributed by atoms with Crippen LogP contribution in [0.1, 0.15) is 46.3 Å². The lowest BCUT2D eigenvalue weighted by Gasteiger charge is -2.18. The van der Waals surface area contributed by atoms with Crippen LogP contribution in [-0.4, -0.2) is 30.2 Å². The van der Waals surface area contributed by atoms with Crippen molar-refractivity contribution in [2.45, 2.75) is 24.8 Å². The highest BCUT2D eigenvalue weighted by Crippen LogP contribution is 2.26. The first-order valence-corrected chi connectivity index (χ1v) is 8.86. The molecule has 1 amide bonds. The molecule has 1 fully saturated rings. The van der Waals surface area contributed by atoms with Crippen LogP contribution in [0.25, 0.3) is 0 Å². The second-order valence-electron chi connectivity index (χ2n) is 6.36. The van der Waals surface area contributed by atoms with E-state index in [0.717, 1.165) is 18.6 Å². The minimum Gasteiger partial charge on any atom is -0.481 e. The van der Waals surface area contributed by atoms with Crippen LogP contribution in [0.3, 0.4) is 0 Å². The third-order valence-corrected chi connectivity index (χ3v) is 4.76. The number of halogens is 1. The van der Waals surface area contributed by atoms with E-state index in [1.165, 1.54) is 0 Å². The minimum atomic E-state index is -0.984. The Morgan fingerprint density at radius 2 is 2.00 bits per heavy atom. The van der Waals surface area contributed by atoms with Crippen LogP contribution in [0, 0.1) is 0 Å². The van der Waals surface area contributed by atoms with E-state index in [1.807, 2.05) is 18.2 Å². The highest BCUT2D eigenvalue weighted by molar-refractivity contribution is 6.30. The molecule has 6 heteroatoms. The molecule has 0 saturated carbocycles. The Kier molecular flexibility index (Phi) is 5.91. The number of hydrogen-bond acceptors (Lipinski definition) is 3. The molecule has 2 atom stereocenters. The van der Waals surface area contributed by atoms with Gasteiger partial charge in [-0.1, -0.05) is 35.9 Å². The molecular formula is C20H20ClNO4. The zero-order chi connectivity index (χ0) is 18.5. The molecule has 2 N–H and O–H groups in total. The first-order valence-electron chi connectivity index (χ1n) is 8.49. The van der Waals surface area contributed by atoms with Crippen molar-refractivity contribution in [3.63, 3.8) is 0 Å². The molecule has 2 aromatic carbocycles. The number of carbonyl (C=O) groups excluding carboxylic acids is 1. The fourth-order valence-corrected chi connectivity index (χ4v) is 3.22. The van der Waals surface area contributed by atoms with Crippen molar-refractivity contribution in [1.29, 1.82) is 0 Å². The average Bonchev–Trinajstić information content (AvgIpc) is 3.16. The smallest absolute Gasteiger partial charge is 0.305 e. The number of hydrogen-bond donors (Lipinski definition) is 2. The van der Waals surface area contributed by atoms with Crippen LogP contribution < -0.4 is 5.32 Å². The molecule has 26 heavy (non-hydrogen) atoms. The van der Waals surface area contributed by atoms with Crippen LogP contribution in [0.5, 0.6) is 0 Å². The molecule has 1 heterocycles. The second kappa shape index (κ2) is 8.34. The maximum atomic E-state index is 12.7. The van der Waals surface area contributed by atoms with Crippen LogP contribution in [0.2, 0.25) is 5.02 Å². The summed E-state index contributed by atoms with van der Waals surface area (Å²) in [5.41, 5.74) is 2.28. The molecule has 0 spiro atoms. The number of carboxylic acids is 1. The van der Waals surface area contributed by atoms with Crippen molar-refractivity contribution >= 4 is 23.5 Å². The number of benzene rings is 2. The first kappa shape index (κ1) is 18.4. The molecule has 3 rings (SSSR count). The predicted molar refractivity (Wildman–Crippen MR) is 98.5 cm³/mol. The number of aliphatic carboxylic acids is 1. The Morgan fingerprint density at radius 1 is 1.23 bits per heavy atom. The van der Waals surface area contributed by atoms with E-state index in [4.69, 9.17) is 16.3 Å². The number of nitrogens with one attached hydrogen (secondary N) is 1. The molecule has 0 bridgehead atoms. The summed E-state index contributed by atoms with van der Waals surface area (Å²) in [6.07, 6.45) is 0.737. The highest BCUT2D eigenvalue weighted by atomic mass is 35.5. The zero-order valence-electron chi connectivity index (χ0n) is 14.2. The summed E-state index contributed by atoms with van der Waals surface area (Å²) in [6.45, 7) is 1.40. The normalized spacial score (nSPS) is 17.7. The zero-order valence-corrected chi connectivity index (χ0v) is 14.9. The van der Waals surface area contributed by atoms with E-state index in [2.05, 4.69) is 5.32 Å². The minimum absolute atomic E-state index is 0.205. The molecule has 1 saturated heterocycles. The maximum absolute atomic E-state index is 12.7. The lowest BCUT2D eigenvalue weighted by Crippen LogP contribution is -2.30. The van der Waals surface area contributed by atoms with Crippen molar-refractivity contribution in [2.75, 3.05) is 13.2 Å². The summed E-state index contributed by atoms with van der Waals surface area (Å²) < 4.78 is 5.41. The number of carboxylic acid groups (broad SMARTS) is 1. The summed E-state index contributed by atoms with van der Waals surface area (Å²) in [5, 5.41) is 12.6. The SMILES string of the molecule is O=C(O)C[C@H](NC(=O)c1cccc(C2CCOC2)c1)c1ccc(Cl)cc1. The van der Waals surface area contributed by atoms with Gasteiger partial charge in [-0.05, 0) is 41.8 Å². The molecule has 2 aromatic rings. The van der Waals surface area contributed by atoms with E-state index in [1.54, 1.807) is 30.3 Å². The fraction of sp³-hybridized carbons (Fsp3) is 0.300. The topological polar surface area (TPSA) is 75.6 Å². The predicted octanol–water partition coefficient (Wildman–Crippen LogP) is 3.79. The van der Waals surface area contributed by atoms with Crippen LogP contribution in [0.15, 0.2) is 48.5 Å². The Bertz CT molecular complexity index is 785. The lowest BCUT2D eigenvalue weighted by atomic mass is 9.96. The standard InChI is InChI=1S/C20H20ClNO4/c21-17-6-4-13(5-7-17)18(11-19(23)24)22-20(25)15-3-1-2-14(10-15)16-8-9-26-12-16/h1-7,10,16,18H,8-9,11-12H2,(H,22,25)(H,23,24)/t16?,18-/m0/s1. The number of ether oxygens (including phenoxy) is 1. The Balaban J connectivity index is 1.77. The van der Waals surface area contributed by atoms with Gasteiger partial charge in [-0.2, -0.15) is 0 Å². The largest absolute Gasteiger partial charge is 0.481 e. The van der Waals surface area contributed by atoms with Crippen LogP contribution in [0.4, 0.5) is 0 Å². The van der Waals surface area contributed by atoms with Gasteiger partial charge in [-0.3, -0.25) is 9.59 Å². The lowest BCUT2D eigenvalue weighted by molar-refractivity contribution is -0.137. The van der Waals surface area contributed by atoms with Gasteiger partial charge in [0, 0.05) is 23.1 Å². The fourth-order valence-electron chi connectivity index (χ4n) is 3.09. The Labute approximate surface area is 156 Å². The average molecular weight is 374 g/mol. The van der Waals surface area contributed by atoms with E-state index in [9.17, 15) is 14.7 Å². The van der Waals surface area contributed by atoms with Crippen LogP contribution >= 0.6 is 11.6 Å². The number of carbonyl (C=O) groups is 2. The molecular weight excluding hydrogens is 354 g/mol. The van der Waals surface area contributed by atoms with Crippen LogP contribution in [-0.2, 0) is 9.53 Å². The summed E-state index contributed by atoms with van der Waals surface area (Å²) in [7, 11) is 0. The first-order chi connectivity index (χ1) is 12.5. The van der Waals surface area contributed by atoms with Gasteiger partial charge in [-0.25, -0.2) is 0 Å². The van der Waals surface area contributed by atoms with Crippen molar-refractivity contribution in [3.05, 3.63) is 70.2 Å². The van der Waals surface area contributed by atoms with E-state index in [0.29, 0.717) is 28.7 Å². The summed E-state index contributed by atoms with van der Waals surface area (Å²) in [5.74, 6) is -0.983. The molecule has 1 aliphatic rings. The van der Waals surface area contributed by atoms with Gasteiger partial charge < -0.3 is 15.2 Å². The molecule has 5 nitrogen and oxygen atoms in total. The van der Waals surface area contributed by atoms with Gasteiger partial charge in [0.25, 0.3) is 5.91 Å². The molecule has 1 aliphatic heterocycles. The second-order valence-corrected chi connectivity index (χ2v) is 6.80. The highest BCUT2D eigenvalue weighted by Gasteiger charge is 2.21. The van der Waals surface area contributed by atoms with E-state index >= 15 is 0 Å². The van der Waals surface area contributed by atoms with Gasteiger partial charge >= 0.3 is 5.97 Å². The third-order valence-electron chi connectivity index (χ3n) is 4.51. The van der Waals surface area contributed by atoms with Gasteiger partial charge in [0.1, 0.15) is 0 Å². The van der Waals surface area contributed by atoms with Crippen molar-refractivity contribution in [1.82, 2.24) is 5.32 Å². The Morgan fingerprint density at radius 3 is 2.65 bits per heavy atom. The van der Waals surface area contributed by atoms with E-state index < -0.39 is 12.0 Å². The summed E-state index contributed by atoms with van der Waals surface area (Å²) >= 11 is 5.89. The molecule has 1 unspecified atom stereocenters. The molecule has 0 radical (unpaired) electrons. The number of amides is 1. The maximum Gasteiger partial charge on any atom is 0.305 e. The third kappa shape index (κ3) is 4.62. The number of rotatable bonds is 6. The molecule has 0 aliphatic carbocycles. The quantitative estimate of drug-likeness (QED) is 0.807. The van der Waals surface area contributed by atoms with Gasteiger partial charge in [-0.15, -0.1) is 0 Å². The Hall–Kier alpha value is -2.37. The van der Waals surface area contributed by atoms with E-state index in [-0.39, 0.29) is 12.3 Å². The van der Waals surface area contributed by atoms with Crippen molar-refractivity contribution in [3.8, 4) is 0 Å². The molecule has 136 valence electrons. The van der Waals surface area contributed by atoms with Gasteiger partial charge in [0.05, 0.1) is 19.1 Å².